The molecule has 8 heteroatoms. The highest BCUT2D eigenvalue weighted by atomic mass is 35.5. The van der Waals surface area contributed by atoms with Gasteiger partial charge in [-0.25, -0.2) is 18.1 Å². The number of halogens is 3. The lowest BCUT2D eigenvalue weighted by Crippen LogP contribution is -2.45. The standard InChI is InChI=1S/C32H41ClF2N4S/c1-4-5-6-13-36-26-9-11-27(12-10-26)40-39-16-14-38(15-17-39)31-21-25(20-30(33)37-31)32(34,35)29-19-23-7-8-24(29)18-28(23)22(2)3/h4,9-12,20-21,23-24,28-29,36H,1-2,5-8,13-19H2,3H3. The van der Waals surface area contributed by atoms with E-state index in [1.165, 1.54) is 11.0 Å². The van der Waals surface area contributed by atoms with Crippen molar-refractivity contribution < 1.29 is 8.78 Å². The number of pyridine rings is 1. The molecule has 3 saturated carbocycles. The van der Waals surface area contributed by atoms with Crippen molar-refractivity contribution in [2.75, 3.05) is 42.9 Å². The second-order valence-corrected chi connectivity index (χ2v) is 13.2. The van der Waals surface area contributed by atoms with E-state index in [0.717, 1.165) is 63.0 Å². The minimum absolute atomic E-state index is 0.0157. The Hall–Kier alpha value is -2.09. The van der Waals surface area contributed by atoms with Crippen LogP contribution in [0.5, 0.6) is 0 Å². The van der Waals surface area contributed by atoms with Gasteiger partial charge >= 0.3 is 0 Å². The summed E-state index contributed by atoms with van der Waals surface area (Å²) in [4.78, 5) is 7.73. The number of benzene rings is 1. The summed E-state index contributed by atoms with van der Waals surface area (Å²) < 4.78 is 34.4. The van der Waals surface area contributed by atoms with Gasteiger partial charge in [0.25, 0.3) is 5.92 Å². The van der Waals surface area contributed by atoms with Gasteiger partial charge in [-0.15, -0.1) is 6.58 Å². The average molecular weight is 587 g/mol. The Bertz CT molecular complexity index is 1180. The second-order valence-electron chi connectivity index (χ2n) is 11.7. The molecule has 1 aromatic heterocycles. The third-order valence-electron chi connectivity index (χ3n) is 8.99. The Morgan fingerprint density at radius 1 is 1.12 bits per heavy atom. The molecule has 4 unspecified atom stereocenters. The third kappa shape index (κ3) is 6.69. The summed E-state index contributed by atoms with van der Waals surface area (Å²) in [7, 11) is 0. The summed E-state index contributed by atoms with van der Waals surface area (Å²) in [6.45, 7) is 13.9. The van der Waals surface area contributed by atoms with Crippen molar-refractivity contribution >= 4 is 35.1 Å². The van der Waals surface area contributed by atoms with E-state index in [1.807, 2.05) is 13.0 Å². The van der Waals surface area contributed by atoms with Gasteiger partial charge in [-0.1, -0.05) is 29.8 Å². The van der Waals surface area contributed by atoms with Crippen LogP contribution in [0.3, 0.4) is 0 Å². The predicted molar refractivity (Wildman–Crippen MR) is 164 cm³/mol. The lowest BCUT2D eigenvalue weighted by Gasteiger charge is -2.50. The van der Waals surface area contributed by atoms with Crippen molar-refractivity contribution in [1.82, 2.24) is 9.29 Å². The molecule has 4 fully saturated rings. The SMILES string of the molecule is C=CCCCNc1ccc(SN2CCN(c3cc(C(F)(F)C4CC5CCC4CC5C(=C)C)cc(Cl)n3)CC2)cc1. The van der Waals surface area contributed by atoms with Crippen LogP contribution in [-0.4, -0.2) is 42.0 Å². The summed E-state index contributed by atoms with van der Waals surface area (Å²) in [5.74, 6) is -2.28. The molecule has 3 aliphatic carbocycles. The minimum Gasteiger partial charge on any atom is -0.385 e. The van der Waals surface area contributed by atoms with Gasteiger partial charge in [-0.2, -0.15) is 0 Å². The van der Waals surface area contributed by atoms with Crippen LogP contribution >= 0.6 is 23.5 Å². The van der Waals surface area contributed by atoms with Crippen molar-refractivity contribution in [2.24, 2.45) is 23.7 Å². The molecule has 6 rings (SSSR count). The summed E-state index contributed by atoms with van der Waals surface area (Å²) in [5, 5.41) is 3.58. The van der Waals surface area contributed by atoms with Crippen molar-refractivity contribution in [3.8, 4) is 0 Å². The maximum Gasteiger partial charge on any atom is 0.276 e. The largest absolute Gasteiger partial charge is 0.385 e. The number of anilines is 2. The highest BCUT2D eigenvalue weighted by molar-refractivity contribution is 7.97. The third-order valence-corrected chi connectivity index (χ3v) is 10.3. The number of allylic oxidation sites excluding steroid dienone is 2. The Balaban J connectivity index is 1.18. The smallest absolute Gasteiger partial charge is 0.276 e. The van der Waals surface area contributed by atoms with Crippen LogP contribution in [0.2, 0.25) is 5.15 Å². The number of hydrogen-bond donors (Lipinski definition) is 1. The number of rotatable bonds is 11. The van der Waals surface area contributed by atoms with Crippen LogP contribution in [0, 0.1) is 23.7 Å². The Morgan fingerprint density at radius 3 is 2.50 bits per heavy atom. The zero-order chi connectivity index (χ0) is 28.3. The number of nitrogens with zero attached hydrogens (tertiary/aromatic N) is 3. The second kappa shape index (κ2) is 12.8. The van der Waals surface area contributed by atoms with Crippen molar-refractivity contribution in [2.45, 2.75) is 56.3 Å². The zero-order valence-electron chi connectivity index (χ0n) is 23.4. The number of nitrogens with one attached hydrogen (secondary N) is 1. The van der Waals surface area contributed by atoms with Gasteiger partial charge in [0.1, 0.15) is 11.0 Å². The number of fused-ring (bicyclic) bond motifs is 3. The van der Waals surface area contributed by atoms with Crippen LogP contribution in [0.4, 0.5) is 20.3 Å². The first-order valence-electron chi connectivity index (χ1n) is 14.6. The van der Waals surface area contributed by atoms with Gasteiger partial charge in [0.15, 0.2) is 0 Å². The summed E-state index contributed by atoms with van der Waals surface area (Å²) >= 11 is 8.08. The van der Waals surface area contributed by atoms with Crippen LogP contribution in [0.1, 0.15) is 51.0 Å². The van der Waals surface area contributed by atoms with Crippen LogP contribution < -0.4 is 10.2 Å². The van der Waals surface area contributed by atoms with Gasteiger partial charge in [0.05, 0.1) is 0 Å². The average Bonchev–Trinajstić information content (AvgIpc) is 2.96. The van der Waals surface area contributed by atoms with E-state index in [-0.39, 0.29) is 16.6 Å². The van der Waals surface area contributed by atoms with Crippen molar-refractivity contribution in [1.29, 1.82) is 0 Å². The molecule has 2 aromatic rings. The normalized spacial score (nSPS) is 25.1. The zero-order valence-corrected chi connectivity index (χ0v) is 25.0. The van der Waals surface area contributed by atoms with Gasteiger partial charge in [-0.3, -0.25) is 0 Å². The Kier molecular flexibility index (Phi) is 9.43. The van der Waals surface area contributed by atoms with Crippen LogP contribution in [-0.2, 0) is 5.92 Å². The van der Waals surface area contributed by atoms with Crippen molar-refractivity contribution in [3.63, 3.8) is 0 Å². The van der Waals surface area contributed by atoms with Crippen LogP contribution in [0.25, 0.3) is 0 Å². The Morgan fingerprint density at radius 2 is 1.85 bits per heavy atom. The molecule has 2 bridgehead atoms. The first kappa shape index (κ1) is 29.4. The van der Waals surface area contributed by atoms with E-state index in [1.54, 1.807) is 18.0 Å². The lowest BCUT2D eigenvalue weighted by molar-refractivity contribution is -0.132. The van der Waals surface area contributed by atoms with E-state index in [9.17, 15) is 0 Å². The van der Waals surface area contributed by atoms with Crippen molar-refractivity contribution in [3.05, 3.63) is 71.9 Å². The van der Waals surface area contributed by atoms with Gasteiger partial charge < -0.3 is 10.2 Å². The lowest BCUT2D eigenvalue weighted by atomic mass is 9.56. The molecule has 4 atom stereocenters. The van der Waals surface area contributed by atoms with Crippen LogP contribution in [0.15, 0.2) is 66.1 Å². The molecule has 1 aliphatic heterocycles. The Labute approximate surface area is 247 Å². The maximum absolute atomic E-state index is 16.0. The predicted octanol–water partition coefficient (Wildman–Crippen LogP) is 8.66. The quantitative estimate of drug-likeness (QED) is 0.123. The fourth-order valence-electron chi connectivity index (χ4n) is 6.80. The summed E-state index contributed by atoms with van der Waals surface area (Å²) in [6.07, 6.45) is 7.34. The number of alkyl halides is 2. The fraction of sp³-hybridized carbons (Fsp3) is 0.531. The van der Waals surface area contributed by atoms with E-state index in [2.05, 4.69) is 56.9 Å². The molecule has 1 saturated heterocycles. The van der Waals surface area contributed by atoms with Gasteiger partial charge in [-0.05, 0) is 112 Å². The molecule has 40 heavy (non-hydrogen) atoms. The molecular formula is C32H41ClF2N4S. The summed E-state index contributed by atoms with van der Waals surface area (Å²) in [5.41, 5.74) is 2.28. The highest BCUT2D eigenvalue weighted by Gasteiger charge is 2.53. The molecule has 1 aromatic carbocycles. The monoisotopic (exact) mass is 586 g/mol. The number of hydrogen-bond acceptors (Lipinski definition) is 5. The van der Waals surface area contributed by atoms with Gasteiger partial charge in [0.2, 0.25) is 0 Å². The molecular weight excluding hydrogens is 546 g/mol. The maximum atomic E-state index is 16.0. The first-order chi connectivity index (χ1) is 19.2. The highest BCUT2D eigenvalue weighted by Crippen LogP contribution is 2.57. The first-order valence-corrected chi connectivity index (χ1v) is 15.7. The van der Waals surface area contributed by atoms with E-state index in [4.69, 9.17) is 11.6 Å². The molecule has 0 radical (unpaired) electrons. The summed E-state index contributed by atoms with van der Waals surface area (Å²) in [6, 6.07) is 11.5. The van der Waals surface area contributed by atoms with E-state index >= 15 is 8.78 Å². The topological polar surface area (TPSA) is 31.4 Å². The van der Waals surface area contributed by atoms with Gasteiger partial charge in [0, 0.05) is 54.8 Å². The molecule has 2 heterocycles. The van der Waals surface area contributed by atoms with E-state index in [0.29, 0.717) is 37.2 Å². The number of piperazine rings is 1. The fourth-order valence-corrected chi connectivity index (χ4v) is 7.91. The molecule has 216 valence electrons. The minimum atomic E-state index is -2.92. The molecule has 0 spiro atoms. The number of aromatic nitrogens is 1. The number of unbranched alkanes of at least 4 members (excludes halogenated alkanes) is 1. The molecule has 1 N–H and O–H groups in total. The van der Waals surface area contributed by atoms with E-state index < -0.39 is 11.8 Å². The molecule has 4 aliphatic rings. The molecule has 0 amide bonds. The molecule has 4 nitrogen and oxygen atoms in total.